The highest BCUT2D eigenvalue weighted by Crippen LogP contribution is 2.22. The molecule has 0 aromatic rings. The van der Waals surface area contributed by atoms with Crippen LogP contribution in [0.3, 0.4) is 0 Å². The van der Waals surface area contributed by atoms with Crippen molar-refractivity contribution >= 4 is 28.8 Å². The van der Waals surface area contributed by atoms with E-state index in [0.29, 0.717) is 18.8 Å². The summed E-state index contributed by atoms with van der Waals surface area (Å²) in [6, 6.07) is 0. The molecule has 0 aliphatic heterocycles. The Bertz CT molecular complexity index is 357. The fourth-order valence-electron chi connectivity index (χ4n) is 2.33. The fraction of sp³-hybridized carbons (Fsp3) is 0.824. The molecule has 5 nitrogen and oxygen atoms in total. The van der Waals surface area contributed by atoms with E-state index >= 15 is 0 Å². The molecule has 0 aromatic carbocycles. The molecule has 0 bridgehead atoms. The predicted molar refractivity (Wildman–Crippen MR) is 92.2 cm³/mol. The Kier molecular flexibility index (Phi) is 13.9. The molecule has 0 saturated carbocycles. The largest absolute Gasteiger partial charge is 0.469 e. The van der Waals surface area contributed by atoms with Crippen LogP contribution in [0.25, 0.3) is 0 Å². The fourth-order valence-corrected chi connectivity index (χ4v) is 3.14. The van der Waals surface area contributed by atoms with Crippen LogP contribution in [-0.4, -0.2) is 37.0 Å². The van der Waals surface area contributed by atoms with E-state index in [0.717, 1.165) is 50.7 Å². The highest BCUT2D eigenvalue weighted by molar-refractivity contribution is 8.13. The summed E-state index contributed by atoms with van der Waals surface area (Å²) in [4.78, 5) is 33.3. The van der Waals surface area contributed by atoms with Gasteiger partial charge in [-0.15, -0.1) is 0 Å². The van der Waals surface area contributed by atoms with Crippen LogP contribution in [0, 0.1) is 5.92 Å². The lowest BCUT2D eigenvalue weighted by atomic mass is 9.96. The van der Waals surface area contributed by atoms with Crippen molar-refractivity contribution < 1.29 is 23.9 Å². The van der Waals surface area contributed by atoms with Crippen molar-refractivity contribution in [2.45, 2.75) is 64.7 Å². The van der Waals surface area contributed by atoms with Gasteiger partial charge in [-0.2, -0.15) is 0 Å². The summed E-state index contributed by atoms with van der Waals surface area (Å²) in [5, 5.41) is 0.148. The first-order chi connectivity index (χ1) is 11.0. The number of unbranched alkanes of at least 4 members (excludes halogenated alkanes) is 3. The Morgan fingerprint density at radius 1 is 0.826 bits per heavy atom. The molecule has 0 unspecified atom stereocenters. The lowest BCUT2D eigenvalue weighted by Crippen LogP contribution is -2.07. The third-order valence-electron chi connectivity index (χ3n) is 3.71. The van der Waals surface area contributed by atoms with Gasteiger partial charge in [-0.25, -0.2) is 0 Å². The Morgan fingerprint density at radius 2 is 1.30 bits per heavy atom. The number of rotatable bonds is 13. The molecule has 0 radical (unpaired) electrons. The summed E-state index contributed by atoms with van der Waals surface area (Å²) in [6.07, 6.45) is 7.71. The molecular formula is C17H30O5S. The topological polar surface area (TPSA) is 69.7 Å². The lowest BCUT2D eigenvalue weighted by molar-refractivity contribution is -0.141. The zero-order valence-corrected chi connectivity index (χ0v) is 15.4. The second-order valence-corrected chi connectivity index (χ2v) is 6.86. The number of esters is 2. The Labute approximate surface area is 143 Å². The minimum Gasteiger partial charge on any atom is -0.469 e. The van der Waals surface area contributed by atoms with Crippen LogP contribution >= 0.6 is 11.8 Å². The number of carbonyl (C=O) groups is 3. The van der Waals surface area contributed by atoms with E-state index in [1.54, 1.807) is 6.92 Å². The standard InChI is InChI=1S/C17H30O5S/c1-14(18)23-13-15(10-7-8-12-17(20)22-3)9-5-4-6-11-16(19)21-2/h15H,4-13H2,1-3H3/t15-/m0/s1. The van der Waals surface area contributed by atoms with Crippen molar-refractivity contribution in [3.8, 4) is 0 Å². The van der Waals surface area contributed by atoms with Crippen LogP contribution in [0.15, 0.2) is 0 Å². The smallest absolute Gasteiger partial charge is 0.305 e. The molecule has 1 atom stereocenters. The van der Waals surface area contributed by atoms with Gasteiger partial charge in [0, 0.05) is 25.5 Å². The van der Waals surface area contributed by atoms with E-state index in [9.17, 15) is 14.4 Å². The SMILES string of the molecule is COC(=O)CCCCC[C@@H](CCCCC(=O)OC)CSC(C)=O. The number of carbonyl (C=O) groups excluding carboxylic acids is 3. The lowest BCUT2D eigenvalue weighted by Gasteiger charge is -2.15. The second-order valence-electron chi connectivity index (χ2n) is 5.67. The third kappa shape index (κ3) is 14.3. The van der Waals surface area contributed by atoms with Crippen LogP contribution in [0.5, 0.6) is 0 Å². The average Bonchev–Trinajstić information content (AvgIpc) is 2.54. The van der Waals surface area contributed by atoms with E-state index in [-0.39, 0.29) is 17.1 Å². The highest BCUT2D eigenvalue weighted by Gasteiger charge is 2.11. The molecule has 0 aliphatic rings. The second kappa shape index (κ2) is 14.5. The Morgan fingerprint density at radius 3 is 1.78 bits per heavy atom. The van der Waals surface area contributed by atoms with Gasteiger partial charge in [0.25, 0.3) is 0 Å². The van der Waals surface area contributed by atoms with E-state index < -0.39 is 0 Å². The van der Waals surface area contributed by atoms with Gasteiger partial charge in [0.2, 0.25) is 0 Å². The first kappa shape index (κ1) is 22.0. The summed E-state index contributed by atoms with van der Waals surface area (Å²) in [5.74, 6) is 1.00. The number of thioether (sulfide) groups is 1. The van der Waals surface area contributed by atoms with Crippen molar-refractivity contribution in [3.63, 3.8) is 0 Å². The van der Waals surface area contributed by atoms with Gasteiger partial charge in [-0.3, -0.25) is 14.4 Å². The Balaban J connectivity index is 3.92. The summed E-state index contributed by atoms with van der Waals surface area (Å²) in [6.45, 7) is 1.59. The zero-order valence-electron chi connectivity index (χ0n) is 14.6. The van der Waals surface area contributed by atoms with Gasteiger partial charge >= 0.3 is 11.9 Å². The minimum absolute atomic E-state index is 0.148. The van der Waals surface area contributed by atoms with Crippen molar-refractivity contribution in [3.05, 3.63) is 0 Å². The molecule has 0 spiro atoms. The molecule has 0 aromatic heterocycles. The van der Waals surface area contributed by atoms with Gasteiger partial charge in [0.15, 0.2) is 5.12 Å². The molecule has 134 valence electrons. The van der Waals surface area contributed by atoms with Crippen LogP contribution in [0.2, 0.25) is 0 Å². The normalized spacial score (nSPS) is 11.8. The van der Waals surface area contributed by atoms with E-state index in [1.807, 2.05) is 0 Å². The summed E-state index contributed by atoms with van der Waals surface area (Å²) in [5.41, 5.74) is 0. The minimum atomic E-state index is -0.164. The van der Waals surface area contributed by atoms with Gasteiger partial charge in [0.05, 0.1) is 14.2 Å². The number of ether oxygens (including phenoxy) is 2. The van der Waals surface area contributed by atoms with Crippen LogP contribution in [-0.2, 0) is 23.9 Å². The maximum atomic E-state index is 11.1. The average molecular weight is 346 g/mol. The quantitative estimate of drug-likeness (QED) is 0.374. The van der Waals surface area contributed by atoms with Crippen molar-refractivity contribution in [2.24, 2.45) is 5.92 Å². The molecule has 0 heterocycles. The van der Waals surface area contributed by atoms with Gasteiger partial charge in [0.1, 0.15) is 0 Å². The molecule has 0 fully saturated rings. The molecule has 6 heteroatoms. The summed E-state index contributed by atoms with van der Waals surface area (Å²) < 4.78 is 9.25. The molecule has 0 saturated heterocycles. The third-order valence-corrected chi connectivity index (χ3v) is 4.76. The first-order valence-corrected chi connectivity index (χ1v) is 9.25. The molecule has 0 rings (SSSR count). The maximum absolute atomic E-state index is 11.1. The van der Waals surface area contributed by atoms with Crippen LogP contribution < -0.4 is 0 Å². The van der Waals surface area contributed by atoms with Crippen molar-refractivity contribution in [1.82, 2.24) is 0 Å². The van der Waals surface area contributed by atoms with Gasteiger partial charge < -0.3 is 9.47 Å². The van der Waals surface area contributed by atoms with Crippen LogP contribution in [0.4, 0.5) is 0 Å². The molecule has 0 N–H and O–H groups in total. The molecule has 23 heavy (non-hydrogen) atoms. The Hall–Kier alpha value is -1.04. The molecular weight excluding hydrogens is 316 g/mol. The van der Waals surface area contributed by atoms with Gasteiger partial charge in [-0.1, -0.05) is 31.0 Å². The monoisotopic (exact) mass is 346 g/mol. The zero-order chi connectivity index (χ0) is 17.5. The first-order valence-electron chi connectivity index (χ1n) is 8.26. The number of hydrogen-bond acceptors (Lipinski definition) is 6. The van der Waals surface area contributed by atoms with Crippen LogP contribution in [0.1, 0.15) is 64.7 Å². The predicted octanol–water partition coefficient (Wildman–Crippen LogP) is 3.74. The van der Waals surface area contributed by atoms with Gasteiger partial charge in [-0.05, 0) is 31.6 Å². The molecule has 0 aliphatic carbocycles. The maximum Gasteiger partial charge on any atom is 0.305 e. The number of methoxy groups -OCH3 is 2. The van der Waals surface area contributed by atoms with Crippen molar-refractivity contribution in [1.29, 1.82) is 0 Å². The summed E-state index contributed by atoms with van der Waals surface area (Å²) >= 11 is 1.38. The van der Waals surface area contributed by atoms with E-state index in [1.165, 1.54) is 26.0 Å². The van der Waals surface area contributed by atoms with Crippen molar-refractivity contribution in [2.75, 3.05) is 20.0 Å². The summed E-state index contributed by atoms with van der Waals surface area (Å²) in [7, 11) is 2.81. The van der Waals surface area contributed by atoms with E-state index in [4.69, 9.17) is 0 Å². The number of hydrogen-bond donors (Lipinski definition) is 0. The highest BCUT2D eigenvalue weighted by atomic mass is 32.2. The van der Waals surface area contributed by atoms with E-state index in [2.05, 4.69) is 9.47 Å². The molecule has 0 amide bonds.